The maximum atomic E-state index is 11.6. The Morgan fingerprint density at radius 2 is 1.73 bits per heavy atom. The van der Waals surface area contributed by atoms with Crippen LogP contribution < -0.4 is 15.4 Å². The summed E-state index contributed by atoms with van der Waals surface area (Å²) in [4.78, 5) is 33.8. The number of esters is 1. The number of ether oxygens (including phenoxy) is 2. The van der Waals surface area contributed by atoms with Gasteiger partial charge in [-0.2, -0.15) is 0 Å². The topological polar surface area (TPSA) is 93.7 Å². The first-order valence-corrected chi connectivity index (χ1v) is 8.02. The molecule has 0 aliphatic rings. The van der Waals surface area contributed by atoms with Crippen molar-refractivity contribution >= 4 is 29.5 Å². The molecule has 3 amide bonds. The lowest BCUT2D eigenvalue weighted by atomic mass is 10.1. The van der Waals surface area contributed by atoms with Crippen molar-refractivity contribution in [3.8, 4) is 16.9 Å². The van der Waals surface area contributed by atoms with Crippen LogP contribution in [0.5, 0.6) is 5.75 Å². The summed E-state index contributed by atoms with van der Waals surface area (Å²) in [5, 5.41) is 4.51. The van der Waals surface area contributed by atoms with E-state index in [0.29, 0.717) is 10.8 Å². The molecule has 0 bridgehead atoms. The Balaban J connectivity index is 1.84. The molecule has 0 spiro atoms. The Morgan fingerprint density at radius 1 is 1.00 bits per heavy atom. The Kier molecular flexibility index (Phi) is 6.99. The standard InChI is InChI=1S/C18H17ClN2O5/c1-20-18(24)21-16(22)10-26-17(23)11-25-15-8-7-13(9-14(15)19)12-5-3-2-4-6-12/h2-9H,10-11H2,1H3,(H2,20,21,22,24). The second-order valence-electron chi connectivity index (χ2n) is 5.09. The van der Waals surface area contributed by atoms with Crippen LogP contribution in [0.1, 0.15) is 0 Å². The molecule has 0 saturated carbocycles. The molecular weight excluding hydrogens is 360 g/mol. The van der Waals surface area contributed by atoms with Gasteiger partial charge in [0.25, 0.3) is 5.91 Å². The first-order valence-electron chi connectivity index (χ1n) is 7.64. The van der Waals surface area contributed by atoms with Crippen molar-refractivity contribution in [1.29, 1.82) is 0 Å². The lowest BCUT2D eigenvalue weighted by molar-refractivity contribution is -0.150. The molecular formula is C18H17ClN2O5. The first kappa shape index (κ1) is 19.3. The van der Waals surface area contributed by atoms with Crippen LogP contribution in [0.15, 0.2) is 48.5 Å². The summed E-state index contributed by atoms with van der Waals surface area (Å²) in [7, 11) is 1.36. The smallest absolute Gasteiger partial charge is 0.344 e. The number of nitrogens with one attached hydrogen (secondary N) is 2. The van der Waals surface area contributed by atoms with E-state index in [1.165, 1.54) is 7.05 Å². The zero-order chi connectivity index (χ0) is 18.9. The minimum Gasteiger partial charge on any atom is -0.480 e. The summed E-state index contributed by atoms with van der Waals surface area (Å²) in [5.41, 5.74) is 1.92. The number of rotatable bonds is 6. The lowest BCUT2D eigenvalue weighted by Crippen LogP contribution is -2.40. The van der Waals surface area contributed by atoms with Gasteiger partial charge in [-0.3, -0.25) is 10.1 Å². The molecule has 7 nitrogen and oxygen atoms in total. The number of amides is 3. The lowest BCUT2D eigenvalue weighted by Gasteiger charge is -2.10. The molecule has 2 rings (SSSR count). The van der Waals surface area contributed by atoms with E-state index in [2.05, 4.69) is 5.32 Å². The quantitative estimate of drug-likeness (QED) is 0.755. The van der Waals surface area contributed by atoms with Gasteiger partial charge in [-0.15, -0.1) is 0 Å². The monoisotopic (exact) mass is 376 g/mol. The summed E-state index contributed by atoms with van der Waals surface area (Å²) >= 11 is 6.18. The van der Waals surface area contributed by atoms with Crippen LogP contribution >= 0.6 is 11.6 Å². The average Bonchev–Trinajstić information content (AvgIpc) is 2.66. The molecule has 136 valence electrons. The SMILES string of the molecule is CNC(=O)NC(=O)COC(=O)COc1ccc(-c2ccccc2)cc1Cl. The first-order chi connectivity index (χ1) is 12.5. The molecule has 2 aromatic carbocycles. The van der Waals surface area contributed by atoms with Gasteiger partial charge in [-0.25, -0.2) is 9.59 Å². The average molecular weight is 377 g/mol. The molecule has 0 fully saturated rings. The fourth-order valence-corrected chi connectivity index (χ4v) is 2.21. The third-order valence-corrected chi connectivity index (χ3v) is 3.52. The van der Waals surface area contributed by atoms with Crippen LogP contribution in [0.25, 0.3) is 11.1 Å². The van der Waals surface area contributed by atoms with Crippen molar-refractivity contribution < 1.29 is 23.9 Å². The molecule has 0 saturated heterocycles. The van der Waals surface area contributed by atoms with Crippen LogP contribution in [0.4, 0.5) is 4.79 Å². The molecule has 0 aliphatic carbocycles. The van der Waals surface area contributed by atoms with Gasteiger partial charge in [0.2, 0.25) is 0 Å². The molecule has 0 radical (unpaired) electrons. The zero-order valence-electron chi connectivity index (χ0n) is 14.0. The second kappa shape index (κ2) is 9.43. The largest absolute Gasteiger partial charge is 0.480 e. The highest BCUT2D eigenvalue weighted by Crippen LogP contribution is 2.30. The van der Waals surface area contributed by atoms with E-state index in [0.717, 1.165) is 11.1 Å². The number of hydrogen-bond donors (Lipinski definition) is 2. The summed E-state index contributed by atoms with van der Waals surface area (Å²) in [6.45, 7) is -1.01. The van der Waals surface area contributed by atoms with Crippen molar-refractivity contribution in [2.75, 3.05) is 20.3 Å². The highest BCUT2D eigenvalue weighted by molar-refractivity contribution is 6.32. The van der Waals surface area contributed by atoms with Gasteiger partial charge in [-0.05, 0) is 23.3 Å². The van der Waals surface area contributed by atoms with Gasteiger partial charge in [0.15, 0.2) is 13.2 Å². The highest BCUT2D eigenvalue weighted by atomic mass is 35.5. The minimum atomic E-state index is -0.764. The van der Waals surface area contributed by atoms with Gasteiger partial charge in [-0.1, -0.05) is 48.0 Å². The molecule has 0 aliphatic heterocycles. The van der Waals surface area contributed by atoms with E-state index in [-0.39, 0.29) is 0 Å². The van der Waals surface area contributed by atoms with Crippen LogP contribution in [0, 0.1) is 0 Å². The number of halogens is 1. The second-order valence-corrected chi connectivity index (χ2v) is 5.50. The van der Waals surface area contributed by atoms with E-state index >= 15 is 0 Å². The Bertz CT molecular complexity index is 795. The predicted octanol–water partition coefficient (Wildman–Crippen LogP) is 2.38. The van der Waals surface area contributed by atoms with E-state index in [4.69, 9.17) is 21.1 Å². The number of hydrogen-bond acceptors (Lipinski definition) is 5. The molecule has 0 atom stereocenters. The van der Waals surface area contributed by atoms with E-state index in [1.807, 2.05) is 41.7 Å². The number of carbonyl (C=O) groups is 3. The number of carbonyl (C=O) groups excluding carboxylic acids is 3. The molecule has 0 unspecified atom stereocenters. The van der Waals surface area contributed by atoms with E-state index < -0.39 is 31.1 Å². The van der Waals surface area contributed by atoms with Crippen molar-refractivity contribution in [2.24, 2.45) is 0 Å². The van der Waals surface area contributed by atoms with Gasteiger partial charge in [0.05, 0.1) is 5.02 Å². The summed E-state index contributed by atoms with van der Waals surface area (Å²) in [6.07, 6.45) is 0. The van der Waals surface area contributed by atoms with Gasteiger partial charge >= 0.3 is 12.0 Å². The number of urea groups is 1. The summed E-state index contributed by atoms with van der Waals surface area (Å²) in [6, 6.07) is 14.2. The molecule has 26 heavy (non-hydrogen) atoms. The maximum Gasteiger partial charge on any atom is 0.344 e. The third-order valence-electron chi connectivity index (χ3n) is 3.23. The van der Waals surface area contributed by atoms with Crippen LogP contribution in [-0.2, 0) is 14.3 Å². The molecule has 2 N–H and O–H groups in total. The fraction of sp³-hybridized carbons (Fsp3) is 0.167. The predicted molar refractivity (Wildman–Crippen MR) is 95.9 cm³/mol. The van der Waals surface area contributed by atoms with Crippen LogP contribution in [0.2, 0.25) is 5.02 Å². The third kappa shape index (κ3) is 5.78. The number of benzene rings is 2. The Hall–Kier alpha value is -3.06. The molecule has 8 heteroatoms. The Labute approximate surface area is 155 Å². The van der Waals surface area contributed by atoms with Gasteiger partial charge in [0.1, 0.15) is 5.75 Å². The van der Waals surface area contributed by atoms with Crippen molar-refractivity contribution in [3.63, 3.8) is 0 Å². The van der Waals surface area contributed by atoms with Crippen LogP contribution in [0.3, 0.4) is 0 Å². The normalized spacial score (nSPS) is 9.92. The number of imide groups is 1. The summed E-state index contributed by atoms with van der Waals surface area (Å²) < 4.78 is 10.0. The van der Waals surface area contributed by atoms with Crippen LogP contribution in [-0.4, -0.2) is 38.2 Å². The maximum absolute atomic E-state index is 11.6. The Morgan fingerprint density at radius 3 is 2.38 bits per heavy atom. The minimum absolute atomic E-state index is 0.318. The van der Waals surface area contributed by atoms with E-state index in [9.17, 15) is 14.4 Å². The zero-order valence-corrected chi connectivity index (χ0v) is 14.7. The fourth-order valence-electron chi connectivity index (χ4n) is 1.98. The molecule has 0 aromatic heterocycles. The van der Waals surface area contributed by atoms with Gasteiger partial charge in [0, 0.05) is 7.05 Å². The van der Waals surface area contributed by atoms with Crippen molar-refractivity contribution in [2.45, 2.75) is 0 Å². The van der Waals surface area contributed by atoms with Crippen molar-refractivity contribution in [3.05, 3.63) is 53.6 Å². The molecule has 2 aromatic rings. The van der Waals surface area contributed by atoms with Gasteiger partial charge < -0.3 is 14.8 Å². The van der Waals surface area contributed by atoms with E-state index in [1.54, 1.807) is 12.1 Å². The summed E-state index contributed by atoms with van der Waals surface area (Å²) in [5.74, 6) is -1.19. The highest BCUT2D eigenvalue weighted by Gasteiger charge is 2.12. The van der Waals surface area contributed by atoms with Crippen molar-refractivity contribution in [1.82, 2.24) is 10.6 Å². The molecule has 0 heterocycles.